The predicted molar refractivity (Wildman–Crippen MR) is 68.7 cm³/mol. The number of amidine groups is 1. The molecule has 1 aromatic rings. The van der Waals surface area contributed by atoms with E-state index in [-0.39, 0.29) is 11.7 Å². The summed E-state index contributed by atoms with van der Waals surface area (Å²) in [6.07, 6.45) is 1.29. The highest BCUT2D eigenvalue weighted by Crippen LogP contribution is 2.18. The molecule has 0 radical (unpaired) electrons. The standard InChI is InChI=1S/C11H9F2N3O2S/c12-10(13)18-8-4-2-1-3-7(8)5-14-16-11-15-9(17)6-19-11/h1-5,10H,6H2,(H,15,16,17)/b14-5+. The molecule has 1 aliphatic rings. The summed E-state index contributed by atoms with van der Waals surface area (Å²) in [5.41, 5.74) is 0.376. The van der Waals surface area contributed by atoms with Gasteiger partial charge in [-0.1, -0.05) is 23.9 Å². The Bertz CT molecular complexity index is 534. The summed E-state index contributed by atoms with van der Waals surface area (Å²) in [7, 11) is 0. The fraction of sp³-hybridized carbons (Fsp3) is 0.182. The highest BCUT2D eigenvalue weighted by atomic mass is 32.2. The highest BCUT2D eigenvalue weighted by Gasteiger charge is 2.16. The van der Waals surface area contributed by atoms with Crippen molar-refractivity contribution in [2.75, 3.05) is 5.75 Å². The van der Waals surface area contributed by atoms with E-state index in [0.717, 1.165) is 0 Å². The van der Waals surface area contributed by atoms with Crippen LogP contribution in [-0.4, -0.2) is 29.7 Å². The van der Waals surface area contributed by atoms with Gasteiger partial charge in [0.25, 0.3) is 0 Å². The van der Waals surface area contributed by atoms with Crippen LogP contribution in [0.5, 0.6) is 5.75 Å². The van der Waals surface area contributed by atoms with Gasteiger partial charge in [-0.25, -0.2) is 0 Å². The summed E-state index contributed by atoms with van der Waals surface area (Å²) >= 11 is 1.22. The van der Waals surface area contributed by atoms with Gasteiger partial charge in [-0.2, -0.15) is 13.9 Å². The fourth-order valence-electron chi connectivity index (χ4n) is 1.31. The molecule has 1 saturated heterocycles. The van der Waals surface area contributed by atoms with Crippen molar-refractivity contribution < 1.29 is 18.3 Å². The van der Waals surface area contributed by atoms with Crippen molar-refractivity contribution in [2.24, 2.45) is 10.2 Å². The topological polar surface area (TPSA) is 63.0 Å². The van der Waals surface area contributed by atoms with Crippen LogP contribution in [-0.2, 0) is 4.79 Å². The van der Waals surface area contributed by atoms with E-state index < -0.39 is 6.61 Å². The van der Waals surface area contributed by atoms with Crippen molar-refractivity contribution in [1.82, 2.24) is 5.32 Å². The quantitative estimate of drug-likeness (QED) is 0.678. The zero-order chi connectivity index (χ0) is 13.7. The molecule has 0 aliphatic carbocycles. The second-order valence-electron chi connectivity index (χ2n) is 3.40. The van der Waals surface area contributed by atoms with Crippen molar-refractivity contribution in [3.63, 3.8) is 0 Å². The second kappa shape index (κ2) is 6.28. The minimum Gasteiger partial charge on any atom is -0.434 e. The van der Waals surface area contributed by atoms with E-state index in [1.165, 1.54) is 24.0 Å². The normalized spacial score (nSPS) is 17.4. The Labute approximate surface area is 111 Å². The van der Waals surface area contributed by atoms with E-state index in [4.69, 9.17) is 0 Å². The van der Waals surface area contributed by atoms with E-state index in [2.05, 4.69) is 20.3 Å². The molecular weight excluding hydrogens is 276 g/mol. The van der Waals surface area contributed by atoms with Gasteiger partial charge in [-0.3, -0.25) is 4.79 Å². The molecule has 1 aromatic carbocycles. The average molecular weight is 285 g/mol. The predicted octanol–water partition coefficient (Wildman–Crippen LogP) is 1.84. The van der Waals surface area contributed by atoms with Gasteiger partial charge in [-0.05, 0) is 12.1 Å². The van der Waals surface area contributed by atoms with Crippen LogP contribution in [0, 0.1) is 0 Å². The van der Waals surface area contributed by atoms with Crippen molar-refractivity contribution in [3.05, 3.63) is 29.8 Å². The lowest BCUT2D eigenvalue weighted by Crippen LogP contribution is -2.19. The number of carbonyl (C=O) groups excluding carboxylic acids is 1. The number of hydrogen-bond donors (Lipinski definition) is 1. The third-order valence-corrected chi connectivity index (χ3v) is 2.93. The molecule has 1 aliphatic heterocycles. The maximum Gasteiger partial charge on any atom is 0.387 e. The average Bonchev–Trinajstić information content (AvgIpc) is 2.77. The van der Waals surface area contributed by atoms with Gasteiger partial charge in [0.05, 0.1) is 12.0 Å². The van der Waals surface area contributed by atoms with Gasteiger partial charge < -0.3 is 10.1 Å². The summed E-state index contributed by atoms with van der Waals surface area (Å²) in [6, 6.07) is 6.22. The van der Waals surface area contributed by atoms with Gasteiger partial charge in [0.1, 0.15) is 5.75 Å². The number of alkyl halides is 2. The first-order valence-corrected chi connectivity index (χ1v) is 6.21. The maximum atomic E-state index is 12.2. The number of carbonyl (C=O) groups is 1. The first-order valence-electron chi connectivity index (χ1n) is 5.22. The Kier molecular flexibility index (Phi) is 4.45. The molecule has 1 amide bonds. The van der Waals surface area contributed by atoms with Crippen LogP contribution in [0.3, 0.4) is 0 Å². The van der Waals surface area contributed by atoms with Gasteiger partial charge in [0.2, 0.25) is 5.91 Å². The summed E-state index contributed by atoms with van der Waals surface area (Å²) in [6.45, 7) is -2.90. The van der Waals surface area contributed by atoms with Gasteiger partial charge in [0.15, 0.2) is 5.17 Å². The summed E-state index contributed by atoms with van der Waals surface area (Å²) < 4.78 is 28.7. The number of benzene rings is 1. The van der Waals surface area contributed by atoms with Gasteiger partial charge in [0, 0.05) is 5.56 Å². The molecule has 1 fully saturated rings. The maximum absolute atomic E-state index is 12.2. The van der Waals surface area contributed by atoms with E-state index in [1.54, 1.807) is 18.2 Å². The van der Waals surface area contributed by atoms with Gasteiger partial charge >= 0.3 is 6.61 Å². The zero-order valence-corrected chi connectivity index (χ0v) is 10.4. The first-order chi connectivity index (χ1) is 9.15. The number of halogens is 2. The number of rotatable bonds is 4. The van der Waals surface area contributed by atoms with Gasteiger partial charge in [-0.15, -0.1) is 5.10 Å². The SMILES string of the molecule is O=C1CS/C(=N\N=C\c2ccccc2OC(F)F)N1. The molecule has 0 aromatic heterocycles. The minimum atomic E-state index is -2.90. The van der Waals surface area contributed by atoms with Crippen LogP contribution in [0.25, 0.3) is 0 Å². The molecule has 0 spiro atoms. The molecule has 0 atom stereocenters. The number of amides is 1. The van der Waals surface area contributed by atoms with E-state index in [9.17, 15) is 13.6 Å². The van der Waals surface area contributed by atoms with Crippen LogP contribution in [0.15, 0.2) is 34.5 Å². The minimum absolute atomic E-state index is 0.0181. The molecule has 1 N–H and O–H groups in total. The second-order valence-corrected chi connectivity index (χ2v) is 4.37. The van der Waals surface area contributed by atoms with Crippen LogP contribution in [0.1, 0.15) is 5.56 Å². The molecular formula is C11H9F2N3O2S. The van der Waals surface area contributed by atoms with Crippen molar-refractivity contribution in [1.29, 1.82) is 0 Å². The molecule has 0 bridgehead atoms. The summed E-state index contributed by atoms with van der Waals surface area (Å²) in [4.78, 5) is 10.9. The lowest BCUT2D eigenvalue weighted by Gasteiger charge is -2.06. The summed E-state index contributed by atoms with van der Waals surface area (Å²) in [5, 5.41) is 10.4. The molecule has 100 valence electrons. The van der Waals surface area contributed by atoms with Crippen molar-refractivity contribution >= 4 is 29.1 Å². The third kappa shape index (κ3) is 4.02. The van der Waals surface area contributed by atoms with E-state index in [0.29, 0.717) is 16.5 Å². The Morgan fingerprint density at radius 1 is 1.42 bits per heavy atom. The molecule has 8 heteroatoms. The zero-order valence-electron chi connectivity index (χ0n) is 9.55. The molecule has 5 nitrogen and oxygen atoms in total. The number of thioether (sulfide) groups is 1. The Balaban J connectivity index is 2.08. The lowest BCUT2D eigenvalue weighted by atomic mass is 10.2. The monoisotopic (exact) mass is 285 g/mol. The lowest BCUT2D eigenvalue weighted by molar-refractivity contribution is -0.116. The Morgan fingerprint density at radius 3 is 2.89 bits per heavy atom. The highest BCUT2D eigenvalue weighted by molar-refractivity contribution is 8.15. The number of nitrogens with one attached hydrogen (secondary N) is 1. The Hall–Kier alpha value is -1.96. The summed E-state index contributed by atoms with van der Waals surface area (Å²) in [5.74, 6) is 0.185. The van der Waals surface area contributed by atoms with E-state index >= 15 is 0 Å². The van der Waals surface area contributed by atoms with Crippen LogP contribution < -0.4 is 10.1 Å². The van der Waals surface area contributed by atoms with Crippen LogP contribution in [0.4, 0.5) is 8.78 Å². The molecule has 2 rings (SSSR count). The molecule has 0 unspecified atom stereocenters. The van der Waals surface area contributed by atoms with Crippen molar-refractivity contribution in [2.45, 2.75) is 6.61 Å². The van der Waals surface area contributed by atoms with Crippen molar-refractivity contribution in [3.8, 4) is 5.75 Å². The third-order valence-electron chi connectivity index (χ3n) is 2.07. The van der Waals surface area contributed by atoms with Crippen LogP contribution in [0.2, 0.25) is 0 Å². The molecule has 19 heavy (non-hydrogen) atoms. The molecule has 1 heterocycles. The number of hydrogen-bond acceptors (Lipinski definition) is 5. The fourth-order valence-corrected chi connectivity index (χ4v) is 1.94. The largest absolute Gasteiger partial charge is 0.434 e. The molecule has 0 saturated carbocycles. The smallest absolute Gasteiger partial charge is 0.387 e. The first kappa shape index (κ1) is 13.5. The van der Waals surface area contributed by atoms with E-state index in [1.807, 2.05) is 0 Å². The van der Waals surface area contributed by atoms with Crippen LogP contribution >= 0.6 is 11.8 Å². The number of nitrogens with zero attached hydrogens (tertiary/aromatic N) is 2. The number of para-hydroxylation sites is 1. The number of ether oxygens (including phenoxy) is 1. The Morgan fingerprint density at radius 2 is 2.21 bits per heavy atom.